The van der Waals surface area contributed by atoms with E-state index in [2.05, 4.69) is 5.43 Å². The van der Waals surface area contributed by atoms with Gasteiger partial charge in [0.1, 0.15) is 5.82 Å². The molecular weight excluding hydrogens is 203 g/mol. The lowest BCUT2D eigenvalue weighted by atomic mass is 9.96. The maximum absolute atomic E-state index is 13.5. The van der Waals surface area contributed by atoms with E-state index < -0.39 is 0 Å². The molecule has 0 saturated heterocycles. The molecule has 0 aliphatic rings. The Labute approximate surface area is 88.2 Å². The first-order valence-corrected chi connectivity index (χ1v) is 4.85. The van der Waals surface area contributed by atoms with Crippen LogP contribution in [0.15, 0.2) is 18.2 Å². The van der Waals surface area contributed by atoms with Crippen LogP contribution in [0.5, 0.6) is 0 Å². The summed E-state index contributed by atoms with van der Waals surface area (Å²) in [6.07, 6.45) is 0. The molecule has 1 unspecified atom stereocenters. The summed E-state index contributed by atoms with van der Waals surface area (Å²) >= 11 is 5.65. The first kappa shape index (κ1) is 11.4. The molecule has 0 radical (unpaired) electrons. The van der Waals surface area contributed by atoms with Gasteiger partial charge in [0.15, 0.2) is 0 Å². The number of nitrogens with two attached hydrogens (primary N) is 1. The third-order valence-corrected chi connectivity index (χ3v) is 2.38. The fraction of sp³-hybridized carbons (Fsp3) is 0.400. The summed E-state index contributed by atoms with van der Waals surface area (Å²) in [6.45, 7) is 3.94. The zero-order valence-corrected chi connectivity index (χ0v) is 8.98. The molecule has 0 heterocycles. The standard InChI is InChI=1S/C10H14ClFN2/c1-6(2)10(14-13)8-4-3-7(11)5-9(8)12/h3-6,10,14H,13H2,1-2H3. The highest BCUT2D eigenvalue weighted by atomic mass is 35.5. The molecule has 3 N–H and O–H groups in total. The lowest BCUT2D eigenvalue weighted by molar-refractivity contribution is 0.405. The zero-order valence-electron chi connectivity index (χ0n) is 8.22. The van der Waals surface area contributed by atoms with Gasteiger partial charge in [-0.15, -0.1) is 0 Å². The first-order chi connectivity index (χ1) is 6.56. The average Bonchev–Trinajstić information content (AvgIpc) is 2.09. The number of halogens is 2. The molecule has 78 valence electrons. The minimum Gasteiger partial charge on any atom is -0.271 e. The van der Waals surface area contributed by atoms with Crippen LogP contribution >= 0.6 is 11.6 Å². The number of hydrazine groups is 1. The van der Waals surface area contributed by atoms with Crippen LogP contribution in [0.1, 0.15) is 25.5 Å². The van der Waals surface area contributed by atoms with E-state index >= 15 is 0 Å². The van der Waals surface area contributed by atoms with Gasteiger partial charge in [0.05, 0.1) is 6.04 Å². The van der Waals surface area contributed by atoms with Gasteiger partial charge >= 0.3 is 0 Å². The van der Waals surface area contributed by atoms with Gasteiger partial charge in [-0.3, -0.25) is 11.3 Å². The number of hydrogen-bond donors (Lipinski definition) is 2. The van der Waals surface area contributed by atoms with Gasteiger partial charge in [-0.25, -0.2) is 4.39 Å². The summed E-state index contributed by atoms with van der Waals surface area (Å²) in [5, 5.41) is 0.394. The molecule has 0 amide bonds. The van der Waals surface area contributed by atoms with E-state index in [9.17, 15) is 4.39 Å². The Balaban J connectivity index is 3.04. The van der Waals surface area contributed by atoms with Crippen LogP contribution in [0.2, 0.25) is 5.02 Å². The van der Waals surface area contributed by atoms with Crippen molar-refractivity contribution in [1.29, 1.82) is 0 Å². The van der Waals surface area contributed by atoms with Crippen molar-refractivity contribution in [1.82, 2.24) is 5.43 Å². The van der Waals surface area contributed by atoms with Gasteiger partial charge < -0.3 is 0 Å². The van der Waals surface area contributed by atoms with Crippen LogP contribution in [-0.4, -0.2) is 0 Å². The summed E-state index contributed by atoms with van der Waals surface area (Å²) < 4.78 is 13.5. The summed E-state index contributed by atoms with van der Waals surface area (Å²) in [5.74, 6) is 5.26. The molecule has 0 aliphatic carbocycles. The molecule has 4 heteroatoms. The number of hydrogen-bond acceptors (Lipinski definition) is 2. The van der Waals surface area contributed by atoms with Crippen molar-refractivity contribution < 1.29 is 4.39 Å². The Morgan fingerprint density at radius 3 is 2.50 bits per heavy atom. The van der Waals surface area contributed by atoms with E-state index in [1.165, 1.54) is 6.07 Å². The smallest absolute Gasteiger partial charge is 0.129 e. The summed E-state index contributed by atoms with van der Waals surface area (Å²) in [5.41, 5.74) is 3.14. The predicted molar refractivity (Wildman–Crippen MR) is 56.3 cm³/mol. The van der Waals surface area contributed by atoms with Crippen molar-refractivity contribution in [3.8, 4) is 0 Å². The molecule has 1 aromatic carbocycles. The second kappa shape index (κ2) is 4.73. The normalized spacial score (nSPS) is 13.3. The van der Waals surface area contributed by atoms with E-state index in [1.807, 2.05) is 13.8 Å². The van der Waals surface area contributed by atoms with Crippen LogP contribution in [0.3, 0.4) is 0 Å². The van der Waals surface area contributed by atoms with E-state index in [0.717, 1.165) is 0 Å². The van der Waals surface area contributed by atoms with Crippen molar-refractivity contribution in [3.05, 3.63) is 34.6 Å². The Hall–Kier alpha value is -0.640. The average molecular weight is 217 g/mol. The quantitative estimate of drug-likeness (QED) is 0.602. The van der Waals surface area contributed by atoms with Crippen LogP contribution in [0.4, 0.5) is 4.39 Å². The third kappa shape index (κ3) is 2.44. The van der Waals surface area contributed by atoms with Crippen LogP contribution in [0, 0.1) is 11.7 Å². The van der Waals surface area contributed by atoms with Gasteiger partial charge in [-0.1, -0.05) is 31.5 Å². The molecular formula is C10H14ClFN2. The minimum absolute atomic E-state index is 0.188. The molecule has 2 nitrogen and oxygen atoms in total. The van der Waals surface area contributed by atoms with Gasteiger partial charge in [-0.2, -0.15) is 0 Å². The predicted octanol–water partition coefficient (Wildman–Crippen LogP) is 2.64. The van der Waals surface area contributed by atoms with Crippen molar-refractivity contribution in [2.45, 2.75) is 19.9 Å². The van der Waals surface area contributed by atoms with Crippen LogP contribution < -0.4 is 11.3 Å². The van der Waals surface area contributed by atoms with Crippen molar-refractivity contribution in [3.63, 3.8) is 0 Å². The Morgan fingerprint density at radius 2 is 2.07 bits per heavy atom. The molecule has 14 heavy (non-hydrogen) atoms. The van der Waals surface area contributed by atoms with Gasteiger partial charge in [0, 0.05) is 10.6 Å². The molecule has 0 fully saturated rings. The Morgan fingerprint density at radius 1 is 1.43 bits per heavy atom. The second-order valence-corrected chi connectivity index (χ2v) is 3.99. The lowest BCUT2D eigenvalue weighted by Crippen LogP contribution is -2.32. The highest BCUT2D eigenvalue weighted by Crippen LogP contribution is 2.25. The van der Waals surface area contributed by atoms with Crippen molar-refractivity contribution in [2.75, 3.05) is 0 Å². The van der Waals surface area contributed by atoms with E-state index in [0.29, 0.717) is 10.6 Å². The van der Waals surface area contributed by atoms with Crippen LogP contribution in [0.25, 0.3) is 0 Å². The summed E-state index contributed by atoms with van der Waals surface area (Å²) in [4.78, 5) is 0. The Bertz CT molecular complexity index is 315. The lowest BCUT2D eigenvalue weighted by Gasteiger charge is -2.20. The van der Waals surface area contributed by atoms with Gasteiger partial charge in [0.2, 0.25) is 0 Å². The minimum atomic E-state index is -0.325. The first-order valence-electron chi connectivity index (χ1n) is 4.47. The van der Waals surface area contributed by atoms with E-state index in [4.69, 9.17) is 17.4 Å². The molecule has 0 bridgehead atoms. The Kier molecular flexibility index (Phi) is 3.86. The highest BCUT2D eigenvalue weighted by Gasteiger charge is 2.17. The molecule has 1 aromatic rings. The molecule has 1 rings (SSSR count). The highest BCUT2D eigenvalue weighted by molar-refractivity contribution is 6.30. The molecule has 0 aliphatic heterocycles. The maximum Gasteiger partial charge on any atom is 0.129 e. The third-order valence-electron chi connectivity index (χ3n) is 2.14. The van der Waals surface area contributed by atoms with Crippen molar-refractivity contribution in [2.24, 2.45) is 11.8 Å². The maximum atomic E-state index is 13.5. The molecule has 0 aromatic heterocycles. The molecule has 0 saturated carbocycles. The van der Waals surface area contributed by atoms with Crippen LogP contribution in [-0.2, 0) is 0 Å². The number of rotatable bonds is 3. The topological polar surface area (TPSA) is 38.0 Å². The second-order valence-electron chi connectivity index (χ2n) is 3.55. The SMILES string of the molecule is CC(C)C(NN)c1ccc(Cl)cc1F. The van der Waals surface area contributed by atoms with Gasteiger partial charge in [0.25, 0.3) is 0 Å². The summed E-state index contributed by atoms with van der Waals surface area (Å²) in [7, 11) is 0. The largest absolute Gasteiger partial charge is 0.271 e. The zero-order chi connectivity index (χ0) is 10.7. The monoisotopic (exact) mass is 216 g/mol. The van der Waals surface area contributed by atoms with Gasteiger partial charge in [-0.05, 0) is 18.1 Å². The number of nitrogens with one attached hydrogen (secondary N) is 1. The van der Waals surface area contributed by atoms with Crippen molar-refractivity contribution >= 4 is 11.6 Å². The van der Waals surface area contributed by atoms with E-state index in [-0.39, 0.29) is 17.8 Å². The molecule has 0 spiro atoms. The number of benzene rings is 1. The molecule has 1 atom stereocenters. The fourth-order valence-corrected chi connectivity index (χ4v) is 1.55. The summed E-state index contributed by atoms with van der Waals surface area (Å²) in [6, 6.07) is 4.42. The van der Waals surface area contributed by atoms with E-state index in [1.54, 1.807) is 12.1 Å². The fourth-order valence-electron chi connectivity index (χ4n) is 1.40.